The van der Waals surface area contributed by atoms with Gasteiger partial charge < -0.3 is 0 Å². The number of aryl methyl sites for hydroxylation is 1. The third kappa shape index (κ3) is 2.26. The molecule has 5 nitrogen and oxygen atoms in total. The molecule has 2 rings (SSSR count). The van der Waals surface area contributed by atoms with Gasteiger partial charge in [0.2, 0.25) is 0 Å². The summed E-state index contributed by atoms with van der Waals surface area (Å²) in [6, 6.07) is 10.1. The van der Waals surface area contributed by atoms with Crippen LogP contribution in [0.5, 0.6) is 0 Å². The summed E-state index contributed by atoms with van der Waals surface area (Å²) in [4.78, 5) is 4.19. The van der Waals surface area contributed by atoms with Crippen molar-refractivity contribution in [2.45, 2.75) is 12.5 Å². The summed E-state index contributed by atoms with van der Waals surface area (Å²) in [5.74, 6) is 6.47. The van der Waals surface area contributed by atoms with Crippen molar-refractivity contribution >= 4 is 0 Å². The highest BCUT2D eigenvalue weighted by molar-refractivity contribution is 5.19. The van der Waals surface area contributed by atoms with E-state index in [1.54, 1.807) is 11.0 Å². The minimum atomic E-state index is 0.0594. The summed E-state index contributed by atoms with van der Waals surface area (Å²) in [6.07, 6.45) is 2.27. The van der Waals surface area contributed by atoms with E-state index in [9.17, 15) is 0 Å². The van der Waals surface area contributed by atoms with E-state index in [0.717, 1.165) is 17.8 Å². The van der Waals surface area contributed by atoms with Crippen LogP contribution in [0.3, 0.4) is 0 Å². The summed E-state index contributed by atoms with van der Waals surface area (Å²) in [7, 11) is 1.88. The van der Waals surface area contributed by atoms with Gasteiger partial charge >= 0.3 is 0 Å². The number of rotatable bonds is 4. The fourth-order valence-electron chi connectivity index (χ4n) is 1.65. The zero-order valence-electron chi connectivity index (χ0n) is 9.17. The van der Waals surface area contributed by atoms with E-state index < -0.39 is 0 Å². The standard InChI is InChI=1S/C11H15N5/c1-16-11(13-8-14-16)7-10(15-12)9-5-3-2-4-6-9/h2-6,8,10,15H,7,12H2,1H3. The van der Waals surface area contributed by atoms with Gasteiger partial charge in [0.25, 0.3) is 0 Å². The number of nitrogens with zero attached hydrogens (tertiary/aromatic N) is 3. The van der Waals surface area contributed by atoms with Gasteiger partial charge in [-0.25, -0.2) is 4.98 Å². The molecule has 1 unspecified atom stereocenters. The highest BCUT2D eigenvalue weighted by Gasteiger charge is 2.12. The van der Waals surface area contributed by atoms with Gasteiger partial charge in [-0.15, -0.1) is 0 Å². The SMILES string of the molecule is Cn1ncnc1CC(NN)c1ccccc1. The van der Waals surface area contributed by atoms with Crippen molar-refractivity contribution in [3.05, 3.63) is 48.0 Å². The van der Waals surface area contributed by atoms with E-state index in [2.05, 4.69) is 15.5 Å². The molecule has 0 aliphatic rings. The smallest absolute Gasteiger partial charge is 0.138 e. The van der Waals surface area contributed by atoms with Gasteiger partial charge in [0.15, 0.2) is 0 Å². The van der Waals surface area contributed by atoms with Crippen LogP contribution < -0.4 is 11.3 Å². The molecule has 16 heavy (non-hydrogen) atoms. The monoisotopic (exact) mass is 217 g/mol. The van der Waals surface area contributed by atoms with Crippen LogP contribution in [0.25, 0.3) is 0 Å². The van der Waals surface area contributed by atoms with Crippen LogP contribution in [0.4, 0.5) is 0 Å². The second kappa shape index (κ2) is 4.87. The lowest BCUT2D eigenvalue weighted by molar-refractivity contribution is 0.523. The number of benzene rings is 1. The first-order chi connectivity index (χ1) is 7.81. The Bertz CT molecular complexity index is 437. The number of aromatic nitrogens is 3. The lowest BCUT2D eigenvalue weighted by Crippen LogP contribution is -2.30. The molecule has 1 heterocycles. The molecule has 0 radical (unpaired) electrons. The molecule has 2 aromatic rings. The predicted octanol–water partition coefficient (Wildman–Crippen LogP) is 0.562. The minimum Gasteiger partial charge on any atom is -0.271 e. The van der Waals surface area contributed by atoms with Gasteiger partial charge in [0.05, 0.1) is 6.04 Å². The largest absolute Gasteiger partial charge is 0.271 e. The molecule has 1 aromatic heterocycles. The first kappa shape index (κ1) is 10.8. The summed E-state index contributed by atoms with van der Waals surface area (Å²) in [5.41, 5.74) is 3.95. The number of hydrazine groups is 1. The van der Waals surface area contributed by atoms with Gasteiger partial charge in [0.1, 0.15) is 12.2 Å². The molecule has 0 aliphatic carbocycles. The van der Waals surface area contributed by atoms with Crippen LogP contribution in [0.1, 0.15) is 17.4 Å². The minimum absolute atomic E-state index is 0.0594. The van der Waals surface area contributed by atoms with Crippen molar-refractivity contribution in [2.75, 3.05) is 0 Å². The van der Waals surface area contributed by atoms with Crippen LogP contribution in [0, 0.1) is 0 Å². The molecule has 0 saturated heterocycles. The Morgan fingerprint density at radius 2 is 2.12 bits per heavy atom. The zero-order valence-corrected chi connectivity index (χ0v) is 9.17. The first-order valence-electron chi connectivity index (χ1n) is 5.15. The first-order valence-corrected chi connectivity index (χ1v) is 5.15. The Morgan fingerprint density at radius 1 is 1.38 bits per heavy atom. The Morgan fingerprint density at radius 3 is 2.69 bits per heavy atom. The maximum atomic E-state index is 5.56. The Labute approximate surface area is 94.3 Å². The van der Waals surface area contributed by atoms with Crippen LogP contribution in [0.2, 0.25) is 0 Å². The molecule has 0 amide bonds. The van der Waals surface area contributed by atoms with E-state index in [0.29, 0.717) is 0 Å². The molecule has 84 valence electrons. The average molecular weight is 217 g/mol. The van der Waals surface area contributed by atoms with Gasteiger partial charge in [-0.3, -0.25) is 16.0 Å². The molecular weight excluding hydrogens is 202 g/mol. The molecule has 1 atom stereocenters. The molecule has 1 aromatic carbocycles. The molecule has 0 spiro atoms. The molecule has 5 heteroatoms. The van der Waals surface area contributed by atoms with Crippen LogP contribution in [-0.4, -0.2) is 14.8 Å². The van der Waals surface area contributed by atoms with E-state index in [1.807, 2.05) is 37.4 Å². The van der Waals surface area contributed by atoms with Crippen molar-refractivity contribution in [1.82, 2.24) is 20.2 Å². The summed E-state index contributed by atoms with van der Waals surface area (Å²) in [5, 5.41) is 4.03. The lowest BCUT2D eigenvalue weighted by Gasteiger charge is -2.15. The Hall–Kier alpha value is -1.72. The molecule has 0 fully saturated rings. The Kier molecular flexibility index (Phi) is 3.28. The maximum Gasteiger partial charge on any atom is 0.138 e. The van der Waals surface area contributed by atoms with Crippen molar-refractivity contribution in [1.29, 1.82) is 0 Å². The number of nitrogens with two attached hydrogens (primary N) is 1. The topological polar surface area (TPSA) is 68.8 Å². The fraction of sp³-hybridized carbons (Fsp3) is 0.273. The van der Waals surface area contributed by atoms with Crippen molar-refractivity contribution in [2.24, 2.45) is 12.9 Å². The van der Waals surface area contributed by atoms with E-state index in [1.165, 1.54) is 0 Å². The lowest BCUT2D eigenvalue weighted by atomic mass is 10.0. The number of nitrogens with one attached hydrogen (secondary N) is 1. The number of hydrogen-bond acceptors (Lipinski definition) is 4. The van der Waals surface area contributed by atoms with Crippen LogP contribution >= 0.6 is 0 Å². The molecule has 0 saturated carbocycles. The molecule has 0 aliphatic heterocycles. The number of hydrogen-bond donors (Lipinski definition) is 2. The summed E-state index contributed by atoms with van der Waals surface area (Å²) >= 11 is 0. The van der Waals surface area contributed by atoms with Crippen LogP contribution in [0.15, 0.2) is 36.7 Å². The van der Waals surface area contributed by atoms with Gasteiger partial charge in [-0.05, 0) is 5.56 Å². The zero-order chi connectivity index (χ0) is 11.4. The molecule has 0 bridgehead atoms. The molecule has 3 N–H and O–H groups in total. The Balaban J connectivity index is 2.16. The highest BCUT2D eigenvalue weighted by atomic mass is 15.3. The van der Waals surface area contributed by atoms with Gasteiger partial charge in [0, 0.05) is 13.5 Å². The van der Waals surface area contributed by atoms with Crippen LogP contribution in [-0.2, 0) is 13.5 Å². The van der Waals surface area contributed by atoms with Crippen molar-refractivity contribution < 1.29 is 0 Å². The third-order valence-corrected chi connectivity index (χ3v) is 2.59. The fourth-order valence-corrected chi connectivity index (χ4v) is 1.65. The molecular formula is C11H15N5. The van der Waals surface area contributed by atoms with E-state index >= 15 is 0 Å². The predicted molar refractivity (Wildman–Crippen MR) is 61.2 cm³/mol. The summed E-state index contributed by atoms with van der Waals surface area (Å²) in [6.45, 7) is 0. The van der Waals surface area contributed by atoms with Crippen molar-refractivity contribution in [3.8, 4) is 0 Å². The third-order valence-electron chi connectivity index (χ3n) is 2.59. The van der Waals surface area contributed by atoms with Crippen molar-refractivity contribution in [3.63, 3.8) is 0 Å². The summed E-state index contributed by atoms with van der Waals surface area (Å²) < 4.78 is 1.76. The van der Waals surface area contributed by atoms with E-state index in [4.69, 9.17) is 5.84 Å². The normalized spacial score (nSPS) is 12.6. The second-order valence-corrected chi connectivity index (χ2v) is 3.63. The van der Waals surface area contributed by atoms with Gasteiger partial charge in [-0.1, -0.05) is 30.3 Å². The van der Waals surface area contributed by atoms with E-state index in [-0.39, 0.29) is 6.04 Å². The second-order valence-electron chi connectivity index (χ2n) is 3.63. The highest BCUT2D eigenvalue weighted by Crippen LogP contribution is 2.15. The average Bonchev–Trinajstić information content (AvgIpc) is 2.73. The van der Waals surface area contributed by atoms with Gasteiger partial charge in [-0.2, -0.15) is 5.10 Å². The quantitative estimate of drug-likeness (QED) is 0.580. The maximum absolute atomic E-state index is 5.56.